The molecule has 0 bridgehead atoms. The highest BCUT2D eigenvalue weighted by Gasteiger charge is 2.18. The molecule has 0 saturated heterocycles. The Morgan fingerprint density at radius 3 is 2.50 bits per heavy atom. The lowest BCUT2D eigenvalue weighted by Gasteiger charge is -2.26. The van der Waals surface area contributed by atoms with Crippen LogP contribution in [0, 0.1) is 11.8 Å². The zero-order valence-corrected chi connectivity index (χ0v) is 12.5. The molecule has 0 radical (unpaired) electrons. The number of aliphatic hydroxyl groups excluding tert-OH is 1. The third-order valence-corrected chi connectivity index (χ3v) is 4.33. The van der Waals surface area contributed by atoms with Crippen molar-refractivity contribution in [2.45, 2.75) is 38.5 Å². The van der Waals surface area contributed by atoms with E-state index in [9.17, 15) is 5.11 Å². The maximum Gasteiger partial charge on any atom is 0.119 e. The molecule has 1 saturated carbocycles. The Morgan fingerprint density at radius 2 is 1.90 bits per heavy atom. The van der Waals surface area contributed by atoms with E-state index in [0.29, 0.717) is 5.92 Å². The van der Waals surface area contributed by atoms with Gasteiger partial charge in [-0.25, -0.2) is 0 Å². The highest BCUT2D eigenvalue weighted by Crippen LogP contribution is 2.29. The van der Waals surface area contributed by atoms with E-state index in [1.807, 2.05) is 24.3 Å². The van der Waals surface area contributed by atoms with E-state index in [-0.39, 0.29) is 6.61 Å². The molecular formula is C17H27NO2. The predicted molar refractivity (Wildman–Crippen MR) is 83.3 cm³/mol. The van der Waals surface area contributed by atoms with Crippen LogP contribution in [0.25, 0.3) is 0 Å². The van der Waals surface area contributed by atoms with Crippen molar-refractivity contribution >= 4 is 5.69 Å². The molecule has 1 aliphatic carbocycles. The lowest BCUT2D eigenvalue weighted by atomic mass is 9.83. The fourth-order valence-electron chi connectivity index (χ4n) is 3.09. The van der Waals surface area contributed by atoms with E-state index < -0.39 is 0 Å². The minimum atomic E-state index is 0.277. The van der Waals surface area contributed by atoms with Gasteiger partial charge in [-0.05, 0) is 42.5 Å². The molecule has 3 heteroatoms. The topological polar surface area (TPSA) is 41.5 Å². The number of aliphatic hydroxyl groups is 1. The lowest BCUT2D eigenvalue weighted by Crippen LogP contribution is -2.22. The van der Waals surface area contributed by atoms with E-state index in [1.54, 1.807) is 7.11 Å². The molecule has 0 aromatic heterocycles. The Bertz CT molecular complexity index is 371. The Kier molecular flexibility index (Phi) is 6.19. The van der Waals surface area contributed by atoms with Gasteiger partial charge in [-0.15, -0.1) is 0 Å². The van der Waals surface area contributed by atoms with Crippen molar-refractivity contribution in [2.75, 3.05) is 25.6 Å². The smallest absolute Gasteiger partial charge is 0.119 e. The van der Waals surface area contributed by atoms with Gasteiger partial charge in [0.2, 0.25) is 0 Å². The van der Waals surface area contributed by atoms with Crippen molar-refractivity contribution in [3.8, 4) is 5.75 Å². The largest absolute Gasteiger partial charge is 0.497 e. The van der Waals surface area contributed by atoms with Crippen molar-refractivity contribution in [1.82, 2.24) is 0 Å². The summed E-state index contributed by atoms with van der Waals surface area (Å²) in [6.07, 6.45) is 7.98. The standard InChI is InChI=1S/C17H27NO2/c1-20-17-9-7-16(8-10-17)18-12-15(13-19)11-14-5-3-2-4-6-14/h7-10,14-15,18-19H,2-6,11-13H2,1H3/t15-/m0/s1. The van der Waals surface area contributed by atoms with Crippen molar-refractivity contribution in [3.63, 3.8) is 0 Å². The number of hydrogen-bond acceptors (Lipinski definition) is 3. The summed E-state index contributed by atoms with van der Waals surface area (Å²) >= 11 is 0. The van der Waals surface area contributed by atoms with E-state index in [0.717, 1.165) is 30.3 Å². The van der Waals surface area contributed by atoms with E-state index in [1.165, 1.54) is 32.1 Å². The minimum Gasteiger partial charge on any atom is -0.497 e. The molecule has 0 aliphatic heterocycles. The van der Waals surface area contributed by atoms with Gasteiger partial charge >= 0.3 is 0 Å². The molecule has 1 aliphatic rings. The van der Waals surface area contributed by atoms with E-state index in [4.69, 9.17) is 4.74 Å². The normalized spacial score (nSPS) is 17.7. The first-order valence-electron chi connectivity index (χ1n) is 7.80. The van der Waals surface area contributed by atoms with Crippen LogP contribution in [0.2, 0.25) is 0 Å². The molecule has 1 atom stereocenters. The van der Waals surface area contributed by atoms with Crippen molar-refractivity contribution in [1.29, 1.82) is 0 Å². The third kappa shape index (κ3) is 4.71. The average molecular weight is 277 g/mol. The fraction of sp³-hybridized carbons (Fsp3) is 0.647. The van der Waals surface area contributed by atoms with Crippen molar-refractivity contribution < 1.29 is 9.84 Å². The summed E-state index contributed by atoms with van der Waals surface area (Å²) in [5.41, 5.74) is 1.09. The van der Waals surface area contributed by atoms with Crippen LogP contribution in [-0.2, 0) is 0 Å². The molecular weight excluding hydrogens is 250 g/mol. The first-order valence-corrected chi connectivity index (χ1v) is 7.80. The Balaban J connectivity index is 1.77. The predicted octanol–water partition coefficient (Wildman–Crippen LogP) is 3.69. The molecule has 1 aromatic rings. The van der Waals surface area contributed by atoms with E-state index in [2.05, 4.69) is 5.32 Å². The molecule has 0 amide bonds. The first kappa shape index (κ1) is 15.2. The minimum absolute atomic E-state index is 0.277. The maximum absolute atomic E-state index is 9.56. The quantitative estimate of drug-likeness (QED) is 0.798. The van der Waals surface area contributed by atoms with Gasteiger partial charge < -0.3 is 15.2 Å². The number of anilines is 1. The van der Waals surface area contributed by atoms with Crippen molar-refractivity contribution in [2.24, 2.45) is 11.8 Å². The van der Waals surface area contributed by atoms with Crippen LogP contribution >= 0.6 is 0 Å². The Hall–Kier alpha value is -1.22. The summed E-state index contributed by atoms with van der Waals surface area (Å²) in [7, 11) is 1.67. The van der Waals surface area contributed by atoms with Gasteiger partial charge in [0.15, 0.2) is 0 Å². The van der Waals surface area contributed by atoms with Gasteiger partial charge in [0.05, 0.1) is 7.11 Å². The third-order valence-electron chi connectivity index (χ3n) is 4.33. The zero-order chi connectivity index (χ0) is 14.2. The van der Waals surface area contributed by atoms with Crippen LogP contribution < -0.4 is 10.1 Å². The lowest BCUT2D eigenvalue weighted by molar-refractivity contribution is 0.192. The zero-order valence-electron chi connectivity index (χ0n) is 12.5. The second-order valence-corrected chi connectivity index (χ2v) is 5.90. The van der Waals surface area contributed by atoms with Gasteiger partial charge in [0.25, 0.3) is 0 Å². The van der Waals surface area contributed by atoms with Crippen LogP contribution in [0.5, 0.6) is 5.75 Å². The molecule has 0 unspecified atom stereocenters. The van der Waals surface area contributed by atoms with Crippen LogP contribution in [0.4, 0.5) is 5.69 Å². The summed E-state index contributed by atoms with van der Waals surface area (Å²) in [5, 5.41) is 13.0. The number of nitrogens with one attached hydrogen (secondary N) is 1. The SMILES string of the molecule is COc1ccc(NC[C@@H](CO)CC2CCCCC2)cc1. The number of rotatable bonds is 7. The van der Waals surface area contributed by atoms with E-state index >= 15 is 0 Å². The molecule has 1 fully saturated rings. The van der Waals surface area contributed by atoms with Crippen LogP contribution in [0.3, 0.4) is 0 Å². The highest BCUT2D eigenvalue weighted by molar-refractivity contribution is 5.46. The van der Waals surface area contributed by atoms with Crippen LogP contribution in [0.15, 0.2) is 24.3 Å². The summed E-state index contributed by atoms with van der Waals surface area (Å²) in [6, 6.07) is 7.95. The molecule has 1 aromatic carbocycles. The molecule has 3 nitrogen and oxygen atoms in total. The van der Waals surface area contributed by atoms with Gasteiger partial charge in [-0.2, -0.15) is 0 Å². The Morgan fingerprint density at radius 1 is 1.20 bits per heavy atom. The first-order chi connectivity index (χ1) is 9.81. The second kappa shape index (κ2) is 8.15. The Labute approximate surface area is 122 Å². The van der Waals surface area contributed by atoms with Crippen LogP contribution in [0.1, 0.15) is 38.5 Å². The molecule has 20 heavy (non-hydrogen) atoms. The summed E-state index contributed by atoms with van der Waals surface area (Å²) < 4.78 is 5.15. The van der Waals surface area contributed by atoms with Crippen molar-refractivity contribution in [3.05, 3.63) is 24.3 Å². The molecule has 0 heterocycles. The number of ether oxygens (including phenoxy) is 1. The van der Waals surface area contributed by atoms with Gasteiger partial charge in [0.1, 0.15) is 5.75 Å². The molecule has 2 N–H and O–H groups in total. The number of hydrogen-bond donors (Lipinski definition) is 2. The summed E-state index contributed by atoms with van der Waals surface area (Å²) in [6.45, 7) is 1.12. The fourth-order valence-corrected chi connectivity index (χ4v) is 3.09. The average Bonchev–Trinajstić information content (AvgIpc) is 2.53. The monoisotopic (exact) mass is 277 g/mol. The molecule has 0 spiro atoms. The molecule has 2 rings (SSSR count). The number of benzene rings is 1. The number of methoxy groups -OCH3 is 1. The summed E-state index contributed by atoms with van der Waals surface area (Å²) in [5.74, 6) is 2.05. The van der Waals surface area contributed by atoms with Gasteiger partial charge in [-0.1, -0.05) is 32.1 Å². The maximum atomic E-state index is 9.56. The van der Waals surface area contributed by atoms with Crippen LogP contribution in [-0.4, -0.2) is 25.4 Å². The highest BCUT2D eigenvalue weighted by atomic mass is 16.5. The molecule has 112 valence electrons. The second-order valence-electron chi connectivity index (χ2n) is 5.90. The summed E-state index contributed by atoms with van der Waals surface area (Å²) in [4.78, 5) is 0. The van der Waals surface area contributed by atoms with Gasteiger partial charge in [-0.3, -0.25) is 0 Å². The van der Waals surface area contributed by atoms with Gasteiger partial charge in [0, 0.05) is 18.8 Å².